The standard InChI is InChI=1S/C35H39N3O6S/c1-4-37-45(41,42)31-21-16-26(17-22-31)18-23-33(39)38(25-27-14-19-30(43-2)20-15-27)34(28-10-6-5-7-11-28)35(40)36-24-29-12-8-9-13-32(29)44-3/h5-17,19-22,34,37H,4,18,23-25H2,1-3H3,(H,36,40)/t34-/m1/s1. The molecule has 2 amide bonds. The van der Waals surface area contributed by atoms with Gasteiger partial charge in [-0.05, 0) is 53.4 Å². The number of methoxy groups -OCH3 is 2. The van der Waals surface area contributed by atoms with Crippen LogP contribution in [0.5, 0.6) is 11.5 Å². The fourth-order valence-electron chi connectivity index (χ4n) is 4.99. The summed E-state index contributed by atoms with van der Waals surface area (Å²) in [4.78, 5) is 29.8. The summed E-state index contributed by atoms with van der Waals surface area (Å²) in [5, 5.41) is 3.02. The van der Waals surface area contributed by atoms with Crippen molar-refractivity contribution in [2.45, 2.75) is 43.8 Å². The number of rotatable bonds is 15. The highest BCUT2D eigenvalue weighted by Crippen LogP contribution is 2.27. The fraction of sp³-hybridized carbons (Fsp3) is 0.257. The lowest BCUT2D eigenvalue weighted by atomic mass is 10.0. The van der Waals surface area contributed by atoms with Gasteiger partial charge in [0, 0.05) is 31.6 Å². The molecule has 0 spiro atoms. The van der Waals surface area contributed by atoms with Gasteiger partial charge in [0.05, 0.1) is 19.1 Å². The first-order chi connectivity index (χ1) is 21.7. The van der Waals surface area contributed by atoms with E-state index in [0.717, 1.165) is 16.7 Å². The van der Waals surface area contributed by atoms with E-state index in [0.29, 0.717) is 23.5 Å². The minimum Gasteiger partial charge on any atom is -0.497 e. The SMILES string of the molecule is CCNS(=O)(=O)c1ccc(CCC(=O)N(Cc2ccc(OC)cc2)[C@@H](C(=O)NCc2ccccc2OC)c2ccccc2)cc1. The van der Waals surface area contributed by atoms with Crippen LogP contribution in [0.2, 0.25) is 0 Å². The van der Waals surface area contributed by atoms with Crippen LogP contribution in [0.25, 0.3) is 0 Å². The maximum atomic E-state index is 14.0. The van der Waals surface area contributed by atoms with Crippen LogP contribution in [-0.2, 0) is 39.1 Å². The van der Waals surface area contributed by atoms with Crippen LogP contribution in [-0.4, -0.2) is 45.9 Å². The van der Waals surface area contributed by atoms with Gasteiger partial charge in [0.1, 0.15) is 17.5 Å². The maximum Gasteiger partial charge on any atom is 0.247 e. The van der Waals surface area contributed by atoms with E-state index in [1.807, 2.05) is 78.9 Å². The van der Waals surface area contributed by atoms with Gasteiger partial charge in [0.25, 0.3) is 0 Å². The number of benzene rings is 4. The second kappa shape index (κ2) is 15.9. The Balaban J connectivity index is 1.62. The molecule has 10 heteroatoms. The molecule has 236 valence electrons. The first kappa shape index (κ1) is 33.2. The van der Waals surface area contributed by atoms with Crippen molar-refractivity contribution < 1.29 is 27.5 Å². The van der Waals surface area contributed by atoms with Crippen LogP contribution < -0.4 is 19.5 Å². The molecule has 0 aliphatic heterocycles. The van der Waals surface area contributed by atoms with E-state index in [2.05, 4.69) is 10.0 Å². The van der Waals surface area contributed by atoms with E-state index < -0.39 is 16.1 Å². The molecule has 0 bridgehead atoms. The van der Waals surface area contributed by atoms with Gasteiger partial charge in [-0.3, -0.25) is 9.59 Å². The van der Waals surface area contributed by atoms with Gasteiger partial charge < -0.3 is 19.7 Å². The monoisotopic (exact) mass is 629 g/mol. The average Bonchev–Trinajstić information content (AvgIpc) is 3.07. The van der Waals surface area contributed by atoms with E-state index in [1.54, 1.807) is 38.2 Å². The van der Waals surface area contributed by atoms with E-state index >= 15 is 0 Å². The molecule has 0 fully saturated rings. The molecule has 0 saturated heterocycles. The summed E-state index contributed by atoms with van der Waals surface area (Å²) in [6.07, 6.45) is 0.475. The zero-order valence-corrected chi connectivity index (χ0v) is 26.5. The normalized spacial score (nSPS) is 11.8. The van der Waals surface area contributed by atoms with E-state index in [-0.39, 0.29) is 42.8 Å². The van der Waals surface area contributed by atoms with E-state index in [1.165, 1.54) is 12.1 Å². The van der Waals surface area contributed by atoms with Crippen molar-refractivity contribution in [2.24, 2.45) is 0 Å². The quantitative estimate of drug-likeness (QED) is 0.191. The number of sulfonamides is 1. The van der Waals surface area contributed by atoms with Gasteiger partial charge in [-0.1, -0.05) is 79.7 Å². The summed E-state index contributed by atoms with van der Waals surface area (Å²) in [5.41, 5.74) is 3.13. The number of ether oxygens (including phenoxy) is 2. The Morgan fingerprint density at radius 2 is 1.44 bits per heavy atom. The first-order valence-electron chi connectivity index (χ1n) is 14.7. The summed E-state index contributed by atoms with van der Waals surface area (Å²) in [6.45, 7) is 2.41. The summed E-state index contributed by atoms with van der Waals surface area (Å²) >= 11 is 0. The van der Waals surface area contributed by atoms with Crippen molar-refractivity contribution in [1.29, 1.82) is 0 Å². The number of aryl methyl sites for hydroxylation is 1. The van der Waals surface area contributed by atoms with Gasteiger partial charge in [-0.25, -0.2) is 13.1 Å². The van der Waals surface area contributed by atoms with Crippen molar-refractivity contribution >= 4 is 21.8 Å². The number of hydrogen-bond acceptors (Lipinski definition) is 6. The third-order valence-electron chi connectivity index (χ3n) is 7.35. The van der Waals surface area contributed by atoms with Gasteiger partial charge in [-0.2, -0.15) is 0 Å². The van der Waals surface area contributed by atoms with Gasteiger partial charge >= 0.3 is 0 Å². The van der Waals surface area contributed by atoms with Crippen molar-refractivity contribution in [3.8, 4) is 11.5 Å². The number of nitrogens with zero attached hydrogens (tertiary/aromatic N) is 1. The highest BCUT2D eigenvalue weighted by molar-refractivity contribution is 7.89. The predicted molar refractivity (Wildman–Crippen MR) is 173 cm³/mol. The highest BCUT2D eigenvalue weighted by Gasteiger charge is 2.31. The van der Waals surface area contributed by atoms with Crippen LogP contribution in [0, 0.1) is 0 Å². The lowest BCUT2D eigenvalue weighted by molar-refractivity contribution is -0.141. The molecule has 0 radical (unpaired) electrons. The zero-order valence-electron chi connectivity index (χ0n) is 25.7. The molecule has 0 heterocycles. The number of carbonyl (C=O) groups is 2. The van der Waals surface area contributed by atoms with Gasteiger partial charge in [0.15, 0.2) is 0 Å². The number of amides is 2. The Bertz CT molecular complexity index is 1660. The van der Waals surface area contributed by atoms with Crippen LogP contribution in [0.4, 0.5) is 0 Å². The number of hydrogen-bond donors (Lipinski definition) is 2. The number of para-hydroxylation sites is 1. The Morgan fingerprint density at radius 1 is 0.800 bits per heavy atom. The lowest BCUT2D eigenvalue weighted by Crippen LogP contribution is -2.43. The molecular formula is C35H39N3O6S. The molecule has 9 nitrogen and oxygen atoms in total. The Morgan fingerprint density at radius 3 is 2.09 bits per heavy atom. The smallest absolute Gasteiger partial charge is 0.247 e. The third kappa shape index (κ3) is 8.93. The van der Waals surface area contributed by atoms with Crippen molar-refractivity contribution in [3.05, 3.63) is 125 Å². The number of carbonyl (C=O) groups excluding carboxylic acids is 2. The first-order valence-corrected chi connectivity index (χ1v) is 16.2. The molecule has 0 aromatic heterocycles. The molecule has 2 N–H and O–H groups in total. The molecular weight excluding hydrogens is 590 g/mol. The fourth-order valence-corrected chi connectivity index (χ4v) is 6.03. The molecule has 4 aromatic rings. The molecule has 1 atom stereocenters. The maximum absolute atomic E-state index is 14.0. The van der Waals surface area contributed by atoms with Crippen LogP contribution in [0.15, 0.2) is 108 Å². The van der Waals surface area contributed by atoms with Crippen LogP contribution in [0.3, 0.4) is 0 Å². The largest absolute Gasteiger partial charge is 0.497 e. The summed E-state index contributed by atoms with van der Waals surface area (Å²) < 4.78 is 37.9. The summed E-state index contributed by atoms with van der Waals surface area (Å²) in [6, 6.07) is 29.6. The molecule has 4 rings (SSSR count). The minimum absolute atomic E-state index is 0.110. The van der Waals surface area contributed by atoms with Crippen molar-refractivity contribution in [1.82, 2.24) is 14.9 Å². The minimum atomic E-state index is -3.58. The van der Waals surface area contributed by atoms with E-state index in [4.69, 9.17) is 9.47 Å². The third-order valence-corrected chi connectivity index (χ3v) is 8.91. The Labute approximate surface area is 265 Å². The second-order valence-corrected chi connectivity index (χ2v) is 12.1. The molecule has 0 unspecified atom stereocenters. The van der Waals surface area contributed by atoms with Crippen molar-refractivity contribution in [2.75, 3.05) is 20.8 Å². The van der Waals surface area contributed by atoms with Gasteiger partial charge in [0.2, 0.25) is 21.8 Å². The molecule has 4 aromatic carbocycles. The second-order valence-electron chi connectivity index (χ2n) is 10.4. The molecule has 45 heavy (non-hydrogen) atoms. The Hall–Kier alpha value is -4.67. The lowest BCUT2D eigenvalue weighted by Gasteiger charge is -2.32. The van der Waals surface area contributed by atoms with Gasteiger partial charge in [-0.15, -0.1) is 0 Å². The summed E-state index contributed by atoms with van der Waals surface area (Å²) in [7, 11) is -0.411. The number of nitrogens with one attached hydrogen (secondary N) is 2. The van der Waals surface area contributed by atoms with Crippen LogP contribution >= 0.6 is 0 Å². The average molecular weight is 630 g/mol. The Kier molecular flexibility index (Phi) is 11.7. The highest BCUT2D eigenvalue weighted by atomic mass is 32.2. The zero-order chi connectivity index (χ0) is 32.2. The molecule has 0 saturated carbocycles. The molecule has 0 aliphatic rings. The van der Waals surface area contributed by atoms with Crippen LogP contribution in [0.1, 0.15) is 41.6 Å². The van der Waals surface area contributed by atoms with E-state index in [9.17, 15) is 18.0 Å². The van der Waals surface area contributed by atoms with Crippen molar-refractivity contribution in [3.63, 3.8) is 0 Å². The molecule has 0 aliphatic carbocycles. The summed E-state index contributed by atoms with van der Waals surface area (Å²) in [5.74, 6) is 0.790. The predicted octanol–water partition coefficient (Wildman–Crippen LogP) is 5.02. The topological polar surface area (TPSA) is 114 Å².